The van der Waals surface area contributed by atoms with Crippen molar-refractivity contribution < 1.29 is 19.2 Å². The highest BCUT2D eigenvalue weighted by atomic mass is 35.5. The van der Waals surface area contributed by atoms with Crippen molar-refractivity contribution in [3.63, 3.8) is 0 Å². The molecule has 2 aromatic carbocycles. The molecule has 0 saturated heterocycles. The number of non-ortho nitro benzene ring substituents is 1. The summed E-state index contributed by atoms with van der Waals surface area (Å²) in [4.78, 5) is 37.1. The number of nitro groups is 1. The second-order valence-corrected chi connectivity index (χ2v) is 6.35. The molecule has 1 heterocycles. The minimum Gasteiger partial charge on any atom is -0.465 e. The molecule has 3 rings (SSSR count). The molecule has 7 nitrogen and oxygen atoms in total. The average Bonchev–Trinajstić information content (AvgIpc) is 2.93. The lowest BCUT2D eigenvalue weighted by Gasteiger charge is -2.17. The van der Waals surface area contributed by atoms with E-state index < -0.39 is 16.8 Å². The molecule has 2 aromatic rings. The predicted octanol–water partition coefficient (Wildman–Crippen LogP) is 4.13. The number of methoxy groups -OCH3 is 1. The van der Waals surface area contributed by atoms with Crippen LogP contribution in [0.15, 0.2) is 65.4 Å². The molecule has 1 amide bonds. The second-order valence-electron chi connectivity index (χ2n) is 5.95. The molecule has 0 fully saturated rings. The van der Waals surface area contributed by atoms with Crippen LogP contribution in [0.25, 0.3) is 6.08 Å². The summed E-state index contributed by atoms with van der Waals surface area (Å²) in [5.74, 6) is -1.11. The van der Waals surface area contributed by atoms with Crippen LogP contribution in [0.5, 0.6) is 0 Å². The number of benzene rings is 2. The first kappa shape index (κ1) is 19.3. The van der Waals surface area contributed by atoms with Crippen molar-refractivity contribution in [3.8, 4) is 0 Å². The molecule has 0 bridgehead atoms. The van der Waals surface area contributed by atoms with Crippen molar-refractivity contribution >= 4 is 40.9 Å². The molecule has 1 aliphatic heterocycles. The van der Waals surface area contributed by atoms with E-state index in [4.69, 9.17) is 16.3 Å². The monoisotopic (exact) mass is 398 g/mol. The number of rotatable bonds is 4. The number of carbonyl (C=O) groups is 2. The molecule has 8 heteroatoms. The normalized spacial score (nSPS) is 15.3. The van der Waals surface area contributed by atoms with Crippen LogP contribution < -0.4 is 4.90 Å². The molecule has 0 spiro atoms. The third-order valence-electron chi connectivity index (χ3n) is 4.31. The van der Waals surface area contributed by atoms with Crippen molar-refractivity contribution in [1.82, 2.24) is 0 Å². The van der Waals surface area contributed by atoms with Gasteiger partial charge in [-0.2, -0.15) is 0 Å². The van der Waals surface area contributed by atoms with E-state index in [2.05, 4.69) is 0 Å². The maximum Gasteiger partial charge on any atom is 0.340 e. The Bertz CT molecular complexity index is 1040. The van der Waals surface area contributed by atoms with Crippen molar-refractivity contribution in [3.05, 3.63) is 86.1 Å². The number of hydrogen-bond acceptors (Lipinski definition) is 5. The zero-order chi connectivity index (χ0) is 20.4. The molecule has 0 unspecified atom stereocenters. The first-order valence-corrected chi connectivity index (χ1v) is 8.57. The highest BCUT2D eigenvalue weighted by Crippen LogP contribution is 2.36. The summed E-state index contributed by atoms with van der Waals surface area (Å²) in [5, 5.41) is 11.3. The van der Waals surface area contributed by atoms with Gasteiger partial charge in [0.1, 0.15) is 0 Å². The van der Waals surface area contributed by atoms with E-state index in [1.807, 2.05) is 0 Å². The van der Waals surface area contributed by atoms with Gasteiger partial charge >= 0.3 is 5.97 Å². The van der Waals surface area contributed by atoms with E-state index >= 15 is 0 Å². The molecule has 0 aliphatic carbocycles. The summed E-state index contributed by atoms with van der Waals surface area (Å²) in [6.07, 6.45) is 1.53. The van der Waals surface area contributed by atoms with E-state index in [9.17, 15) is 19.7 Å². The summed E-state index contributed by atoms with van der Waals surface area (Å²) in [6.45, 7) is 1.61. The molecule has 28 heavy (non-hydrogen) atoms. The molecule has 0 aromatic heterocycles. The lowest BCUT2D eigenvalue weighted by molar-refractivity contribution is -0.384. The van der Waals surface area contributed by atoms with Crippen LogP contribution in [-0.4, -0.2) is 23.9 Å². The quantitative estimate of drug-likeness (QED) is 0.334. The topological polar surface area (TPSA) is 89.8 Å². The number of anilines is 1. The first-order chi connectivity index (χ1) is 13.3. The fraction of sp³-hybridized carbons (Fsp3) is 0.100. The summed E-state index contributed by atoms with van der Waals surface area (Å²) in [7, 11) is 1.23. The molecule has 0 N–H and O–H groups in total. The van der Waals surface area contributed by atoms with Crippen molar-refractivity contribution in [1.29, 1.82) is 0 Å². The molecule has 142 valence electrons. The highest BCUT2D eigenvalue weighted by molar-refractivity contribution is 6.32. The Morgan fingerprint density at radius 3 is 2.39 bits per heavy atom. The van der Waals surface area contributed by atoms with Crippen molar-refractivity contribution in [2.45, 2.75) is 6.92 Å². The fourth-order valence-electron chi connectivity index (χ4n) is 2.96. The number of halogens is 1. The maximum atomic E-state index is 13.1. The summed E-state index contributed by atoms with van der Waals surface area (Å²) in [5.41, 5.74) is 1.49. The number of nitro benzene ring substituents is 1. The fourth-order valence-corrected chi connectivity index (χ4v) is 3.15. The second kappa shape index (κ2) is 7.66. The third-order valence-corrected chi connectivity index (χ3v) is 4.66. The molecule has 0 atom stereocenters. The smallest absolute Gasteiger partial charge is 0.340 e. The van der Waals surface area contributed by atoms with Gasteiger partial charge in [0.2, 0.25) is 0 Å². The minimum absolute atomic E-state index is 0.1000. The Labute approximate surface area is 165 Å². The SMILES string of the molecule is COC(=O)C1=C(C)N(c2ccc([N+](=O)[O-])cc2)C(=O)/C1=C\c1ccccc1Cl. The number of carbonyl (C=O) groups excluding carboxylic acids is 2. The number of nitrogens with zero attached hydrogens (tertiary/aromatic N) is 2. The molecule has 1 aliphatic rings. The van der Waals surface area contributed by atoms with E-state index in [1.54, 1.807) is 31.2 Å². The van der Waals surface area contributed by atoms with Crippen LogP contribution in [0.3, 0.4) is 0 Å². The maximum absolute atomic E-state index is 13.1. The van der Waals surface area contributed by atoms with Crippen molar-refractivity contribution in [2.75, 3.05) is 12.0 Å². The largest absolute Gasteiger partial charge is 0.465 e. The van der Waals surface area contributed by atoms with Gasteiger partial charge in [-0.15, -0.1) is 0 Å². The van der Waals surface area contributed by atoms with Crippen LogP contribution in [0.2, 0.25) is 5.02 Å². The number of hydrogen-bond donors (Lipinski definition) is 0. The van der Waals surface area contributed by atoms with E-state index in [-0.39, 0.29) is 16.8 Å². The van der Waals surface area contributed by atoms with Crippen LogP contribution in [0.1, 0.15) is 12.5 Å². The van der Waals surface area contributed by atoms with Crippen molar-refractivity contribution in [2.24, 2.45) is 0 Å². The lowest BCUT2D eigenvalue weighted by Crippen LogP contribution is -2.24. The van der Waals surface area contributed by atoms with Gasteiger partial charge < -0.3 is 4.74 Å². The molecular weight excluding hydrogens is 384 g/mol. The van der Waals surface area contributed by atoms with Crippen LogP contribution in [-0.2, 0) is 14.3 Å². The van der Waals surface area contributed by atoms with Gasteiger partial charge in [-0.1, -0.05) is 29.8 Å². The highest BCUT2D eigenvalue weighted by Gasteiger charge is 2.38. The van der Waals surface area contributed by atoms with Gasteiger partial charge in [0.05, 0.1) is 23.2 Å². The Morgan fingerprint density at radius 2 is 1.82 bits per heavy atom. The summed E-state index contributed by atoms with van der Waals surface area (Å²) >= 11 is 6.18. The van der Waals surface area contributed by atoms with Crippen LogP contribution in [0.4, 0.5) is 11.4 Å². The Morgan fingerprint density at radius 1 is 1.18 bits per heavy atom. The van der Waals surface area contributed by atoms with Gasteiger partial charge in [0.25, 0.3) is 11.6 Å². The average molecular weight is 399 g/mol. The Kier molecular flexibility index (Phi) is 5.28. The summed E-state index contributed by atoms with van der Waals surface area (Å²) in [6, 6.07) is 12.4. The predicted molar refractivity (Wildman–Crippen MR) is 105 cm³/mol. The number of esters is 1. The zero-order valence-electron chi connectivity index (χ0n) is 15.0. The van der Waals surface area contributed by atoms with Crippen LogP contribution >= 0.6 is 11.6 Å². The standard InChI is InChI=1S/C20H15ClN2O5/c1-12-18(20(25)28-2)16(11-13-5-3-4-6-17(13)21)19(24)22(12)14-7-9-15(10-8-14)23(26)27/h3-11H,1-2H3/b16-11-. The van der Waals surface area contributed by atoms with Gasteiger partial charge in [0, 0.05) is 28.5 Å². The van der Waals surface area contributed by atoms with Gasteiger partial charge in [-0.3, -0.25) is 19.8 Å². The molecular formula is C20H15ClN2O5. The molecule has 0 saturated carbocycles. The minimum atomic E-state index is -0.659. The third kappa shape index (κ3) is 3.39. The Balaban J connectivity index is 2.12. The van der Waals surface area contributed by atoms with Gasteiger partial charge in [-0.25, -0.2) is 4.79 Å². The van der Waals surface area contributed by atoms with E-state index in [1.165, 1.54) is 42.4 Å². The number of ether oxygens (including phenoxy) is 1. The van der Waals surface area contributed by atoms with E-state index in [0.717, 1.165) is 0 Å². The van der Waals surface area contributed by atoms with E-state index in [0.29, 0.717) is 22.0 Å². The number of amides is 1. The Hall–Kier alpha value is -3.45. The molecule has 0 radical (unpaired) electrons. The number of allylic oxidation sites excluding steroid dienone is 1. The lowest BCUT2D eigenvalue weighted by atomic mass is 10.0. The summed E-state index contributed by atoms with van der Waals surface area (Å²) < 4.78 is 4.85. The first-order valence-electron chi connectivity index (χ1n) is 8.20. The zero-order valence-corrected chi connectivity index (χ0v) is 15.8. The van der Waals surface area contributed by atoms with Crippen LogP contribution in [0, 0.1) is 10.1 Å². The van der Waals surface area contributed by atoms with Gasteiger partial charge in [0.15, 0.2) is 0 Å². The van der Waals surface area contributed by atoms with Gasteiger partial charge in [-0.05, 0) is 36.8 Å².